The van der Waals surface area contributed by atoms with Crippen LogP contribution >= 0.6 is 0 Å². The van der Waals surface area contributed by atoms with Gasteiger partial charge in [-0.25, -0.2) is 0 Å². The minimum Gasteiger partial charge on any atom is -0.403 e. The molecule has 2 heteroatoms. The van der Waals surface area contributed by atoms with E-state index < -0.39 is 0 Å². The molecule has 0 aromatic carbocycles. The van der Waals surface area contributed by atoms with Crippen molar-refractivity contribution in [3.05, 3.63) is 12.4 Å². The maximum atomic E-state index is 5.19. The lowest BCUT2D eigenvalue weighted by Crippen LogP contribution is -2.06. The molecule has 0 saturated heterocycles. The SMILES string of the molecule is CCC/C(=N\C=C/N)C(C)C. The van der Waals surface area contributed by atoms with Gasteiger partial charge in [-0.2, -0.15) is 0 Å². The molecule has 0 amide bonds. The number of rotatable bonds is 4. The zero-order chi connectivity index (χ0) is 8.69. The predicted octanol–water partition coefficient (Wildman–Crippen LogP) is 2.31. The molecule has 0 radical (unpaired) electrons. The number of aliphatic imine (C=N–C) groups is 1. The molecule has 0 heterocycles. The quantitative estimate of drug-likeness (QED) is 0.620. The summed E-state index contributed by atoms with van der Waals surface area (Å²) in [6.45, 7) is 6.46. The average molecular weight is 154 g/mol. The van der Waals surface area contributed by atoms with Crippen molar-refractivity contribution in [1.29, 1.82) is 0 Å². The Hall–Kier alpha value is -0.790. The molecule has 0 atom stereocenters. The molecule has 0 bridgehead atoms. The highest BCUT2D eigenvalue weighted by Gasteiger charge is 2.01. The van der Waals surface area contributed by atoms with Gasteiger partial charge in [0.1, 0.15) is 0 Å². The Labute approximate surface area is 69.2 Å². The summed E-state index contributed by atoms with van der Waals surface area (Å²) in [6, 6.07) is 0. The van der Waals surface area contributed by atoms with E-state index in [1.807, 2.05) is 0 Å². The lowest BCUT2D eigenvalue weighted by molar-refractivity contribution is 0.828. The Morgan fingerprint density at radius 3 is 2.55 bits per heavy atom. The highest BCUT2D eigenvalue weighted by molar-refractivity contribution is 5.86. The second kappa shape index (κ2) is 5.96. The molecule has 0 fully saturated rings. The highest BCUT2D eigenvalue weighted by Crippen LogP contribution is 2.04. The smallest absolute Gasteiger partial charge is 0.0422 e. The van der Waals surface area contributed by atoms with Gasteiger partial charge in [0.15, 0.2) is 0 Å². The second-order valence-corrected chi connectivity index (χ2v) is 2.87. The minimum absolute atomic E-state index is 0.533. The fourth-order valence-electron chi connectivity index (χ4n) is 0.897. The molecule has 0 aliphatic rings. The molecule has 0 unspecified atom stereocenters. The van der Waals surface area contributed by atoms with Crippen LogP contribution in [0.1, 0.15) is 33.6 Å². The number of nitrogens with zero attached hydrogens (tertiary/aromatic N) is 1. The highest BCUT2D eigenvalue weighted by atomic mass is 14.7. The van der Waals surface area contributed by atoms with Gasteiger partial charge >= 0.3 is 0 Å². The lowest BCUT2D eigenvalue weighted by atomic mass is 10.0. The van der Waals surface area contributed by atoms with E-state index in [4.69, 9.17) is 5.73 Å². The van der Waals surface area contributed by atoms with Crippen LogP contribution in [0.15, 0.2) is 17.4 Å². The summed E-state index contributed by atoms with van der Waals surface area (Å²) < 4.78 is 0. The van der Waals surface area contributed by atoms with E-state index in [2.05, 4.69) is 25.8 Å². The summed E-state index contributed by atoms with van der Waals surface area (Å²) in [5, 5.41) is 0. The Morgan fingerprint density at radius 1 is 1.55 bits per heavy atom. The first-order valence-electron chi connectivity index (χ1n) is 4.15. The third kappa shape index (κ3) is 4.59. The molecule has 11 heavy (non-hydrogen) atoms. The first kappa shape index (κ1) is 10.2. The fourth-order valence-corrected chi connectivity index (χ4v) is 0.897. The van der Waals surface area contributed by atoms with Gasteiger partial charge in [0.05, 0.1) is 0 Å². The summed E-state index contributed by atoms with van der Waals surface area (Å²) in [5.41, 5.74) is 6.42. The molecule has 2 nitrogen and oxygen atoms in total. The first-order valence-corrected chi connectivity index (χ1v) is 4.15. The van der Waals surface area contributed by atoms with Crippen LogP contribution in [0.3, 0.4) is 0 Å². The monoisotopic (exact) mass is 154 g/mol. The van der Waals surface area contributed by atoms with Crippen LogP contribution in [0, 0.1) is 5.92 Å². The van der Waals surface area contributed by atoms with Gasteiger partial charge in [0.25, 0.3) is 0 Å². The largest absolute Gasteiger partial charge is 0.403 e. The predicted molar refractivity (Wildman–Crippen MR) is 50.5 cm³/mol. The Kier molecular flexibility index (Phi) is 5.53. The van der Waals surface area contributed by atoms with Gasteiger partial charge in [0, 0.05) is 18.1 Å². The molecule has 0 spiro atoms. The van der Waals surface area contributed by atoms with E-state index in [9.17, 15) is 0 Å². The van der Waals surface area contributed by atoms with Crippen LogP contribution in [0.4, 0.5) is 0 Å². The summed E-state index contributed by atoms with van der Waals surface area (Å²) in [6.07, 6.45) is 5.35. The molecular weight excluding hydrogens is 136 g/mol. The molecule has 0 aromatic heterocycles. The Morgan fingerprint density at radius 2 is 2.18 bits per heavy atom. The van der Waals surface area contributed by atoms with Gasteiger partial charge < -0.3 is 5.73 Å². The van der Waals surface area contributed by atoms with Crippen LogP contribution in [0.25, 0.3) is 0 Å². The summed E-state index contributed by atoms with van der Waals surface area (Å²) in [7, 11) is 0. The van der Waals surface area contributed by atoms with Crippen LogP contribution in [-0.2, 0) is 0 Å². The van der Waals surface area contributed by atoms with Crippen molar-refractivity contribution < 1.29 is 0 Å². The molecule has 0 aliphatic carbocycles. The van der Waals surface area contributed by atoms with Crippen LogP contribution in [0.5, 0.6) is 0 Å². The molecule has 0 aliphatic heterocycles. The van der Waals surface area contributed by atoms with E-state index in [1.165, 1.54) is 11.9 Å². The Bertz CT molecular complexity index is 146. The maximum absolute atomic E-state index is 5.19. The lowest BCUT2D eigenvalue weighted by Gasteiger charge is -2.06. The van der Waals surface area contributed by atoms with Gasteiger partial charge in [-0.05, 0) is 12.3 Å². The first-order chi connectivity index (χ1) is 5.22. The summed E-state index contributed by atoms with van der Waals surface area (Å²) in [4.78, 5) is 4.24. The normalized spacial score (nSPS) is 13.3. The average Bonchev–Trinajstić information content (AvgIpc) is 1.97. The topological polar surface area (TPSA) is 38.4 Å². The van der Waals surface area contributed by atoms with Crippen LogP contribution in [0.2, 0.25) is 0 Å². The molecule has 2 N–H and O–H groups in total. The molecule has 0 rings (SSSR count). The molecule has 0 saturated carbocycles. The molecule has 64 valence electrons. The standard InChI is InChI=1S/C9H18N2/c1-4-5-9(8(2)3)11-7-6-10/h6-8H,4-5,10H2,1-3H3/b7-6-,11-9+. The van der Waals surface area contributed by atoms with Gasteiger partial charge in [-0.3, -0.25) is 4.99 Å². The number of hydrogen-bond donors (Lipinski definition) is 1. The van der Waals surface area contributed by atoms with E-state index in [1.54, 1.807) is 6.20 Å². The van der Waals surface area contributed by atoms with Gasteiger partial charge in [0.2, 0.25) is 0 Å². The van der Waals surface area contributed by atoms with Crippen LogP contribution < -0.4 is 5.73 Å². The third-order valence-corrected chi connectivity index (χ3v) is 1.50. The van der Waals surface area contributed by atoms with E-state index in [0.29, 0.717) is 5.92 Å². The minimum atomic E-state index is 0.533. The van der Waals surface area contributed by atoms with Crippen molar-refractivity contribution in [2.75, 3.05) is 0 Å². The van der Waals surface area contributed by atoms with Gasteiger partial charge in [-0.15, -0.1) is 0 Å². The van der Waals surface area contributed by atoms with Crippen LogP contribution in [-0.4, -0.2) is 5.71 Å². The van der Waals surface area contributed by atoms with Crippen molar-refractivity contribution in [2.24, 2.45) is 16.6 Å². The van der Waals surface area contributed by atoms with Crippen molar-refractivity contribution in [1.82, 2.24) is 0 Å². The maximum Gasteiger partial charge on any atom is 0.0422 e. The number of nitrogens with two attached hydrogens (primary N) is 1. The van der Waals surface area contributed by atoms with E-state index >= 15 is 0 Å². The van der Waals surface area contributed by atoms with Crippen molar-refractivity contribution in [3.63, 3.8) is 0 Å². The zero-order valence-corrected chi connectivity index (χ0v) is 7.67. The second-order valence-electron chi connectivity index (χ2n) is 2.87. The summed E-state index contributed by atoms with van der Waals surface area (Å²) >= 11 is 0. The number of hydrogen-bond acceptors (Lipinski definition) is 2. The van der Waals surface area contributed by atoms with Gasteiger partial charge in [-0.1, -0.05) is 27.2 Å². The van der Waals surface area contributed by atoms with Crippen molar-refractivity contribution in [3.8, 4) is 0 Å². The zero-order valence-electron chi connectivity index (χ0n) is 7.67. The molecular formula is C9H18N2. The van der Waals surface area contributed by atoms with E-state index in [-0.39, 0.29) is 0 Å². The molecule has 0 aromatic rings. The third-order valence-electron chi connectivity index (χ3n) is 1.50. The Balaban J connectivity index is 4.08. The van der Waals surface area contributed by atoms with Crippen molar-refractivity contribution >= 4 is 5.71 Å². The van der Waals surface area contributed by atoms with E-state index in [0.717, 1.165) is 12.8 Å². The van der Waals surface area contributed by atoms with Crippen molar-refractivity contribution in [2.45, 2.75) is 33.6 Å². The fraction of sp³-hybridized carbons (Fsp3) is 0.667. The summed E-state index contributed by atoms with van der Waals surface area (Å²) in [5.74, 6) is 0.533.